The Labute approximate surface area is 164 Å². The second-order valence-corrected chi connectivity index (χ2v) is 4.83. The molecule has 0 unspecified atom stereocenters. The van der Waals surface area contributed by atoms with Crippen LogP contribution in [0.5, 0.6) is 5.75 Å². The molecule has 0 radical (unpaired) electrons. The molecule has 0 aliphatic heterocycles. The minimum absolute atomic E-state index is 0. The predicted molar refractivity (Wildman–Crippen MR) is 103 cm³/mol. The van der Waals surface area contributed by atoms with Crippen LogP contribution in [0.4, 0.5) is 24.5 Å². The van der Waals surface area contributed by atoms with Gasteiger partial charge >= 0.3 is 0 Å². The van der Waals surface area contributed by atoms with Crippen molar-refractivity contribution in [3.8, 4) is 5.75 Å². The van der Waals surface area contributed by atoms with Gasteiger partial charge in [0.1, 0.15) is 12.3 Å². The predicted octanol–water partition coefficient (Wildman–Crippen LogP) is 3.10. The minimum Gasteiger partial charge on any atom is -0.497 e. The number of hydrogen-bond donors (Lipinski definition) is 3. The number of nitrogens with zero attached hydrogens (tertiary/aromatic N) is 1. The standard InChI is InChI=1S/C16H15F3N4O2.HI/c1-25-10-4-2-9(3-5-10)22-16(20)21-8-13(24)23-12-7-6-11(17)14(18)15(12)19;/h2-7H,8H2,1H3,(H,23,24)(H3,20,21,22);1H. The van der Waals surface area contributed by atoms with Gasteiger partial charge in [-0.1, -0.05) is 0 Å². The van der Waals surface area contributed by atoms with Crippen molar-refractivity contribution in [2.75, 3.05) is 24.3 Å². The SMILES string of the molecule is COc1ccc(NC(N)=NCC(=O)Nc2ccc(F)c(F)c2F)cc1.I. The number of halogens is 4. The Morgan fingerprint density at radius 3 is 2.35 bits per heavy atom. The zero-order valence-corrected chi connectivity index (χ0v) is 15.9. The van der Waals surface area contributed by atoms with E-state index >= 15 is 0 Å². The van der Waals surface area contributed by atoms with Gasteiger partial charge in [-0.2, -0.15) is 0 Å². The Hall–Kier alpha value is -2.50. The zero-order chi connectivity index (χ0) is 18.4. The van der Waals surface area contributed by atoms with Gasteiger partial charge in [0.05, 0.1) is 12.8 Å². The number of rotatable bonds is 5. The lowest BCUT2D eigenvalue weighted by Crippen LogP contribution is -2.25. The first-order chi connectivity index (χ1) is 11.9. The van der Waals surface area contributed by atoms with E-state index in [1.54, 1.807) is 24.3 Å². The second-order valence-electron chi connectivity index (χ2n) is 4.83. The molecular weight excluding hydrogens is 464 g/mol. The molecule has 0 spiro atoms. The fourth-order valence-electron chi connectivity index (χ4n) is 1.83. The lowest BCUT2D eigenvalue weighted by Gasteiger charge is -2.08. The smallest absolute Gasteiger partial charge is 0.246 e. The summed E-state index contributed by atoms with van der Waals surface area (Å²) in [6.07, 6.45) is 0. The van der Waals surface area contributed by atoms with E-state index in [-0.39, 0.29) is 29.9 Å². The lowest BCUT2D eigenvalue weighted by molar-refractivity contribution is -0.114. The van der Waals surface area contributed by atoms with Gasteiger partial charge in [-0.15, -0.1) is 24.0 Å². The third kappa shape index (κ3) is 5.79. The van der Waals surface area contributed by atoms with Gasteiger partial charge in [0.25, 0.3) is 0 Å². The van der Waals surface area contributed by atoms with Gasteiger partial charge in [-0.05, 0) is 36.4 Å². The number of nitrogens with two attached hydrogens (primary N) is 1. The number of methoxy groups -OCH3 is 1. The fourth-order valence-corrected chi connectivity index (χ4v) is 1.83. The van der Waals surface area contributed by atoms with Crippen LogP contribution in [0.2, 0.25) is 0 Å². The quantitative estimate of drug-likeness (QED) is 0.266. The summed E-state index contributed by atoms with van der Waals surface area (Å²) in [6.45, 7) is -0.437. The Balaban J connectivity index is 0.00000338. The van der Waals surface area contributed by atoms with Gasteiger partial charge in [0.2, 0.25) is 5.91 Å². The molecule has 0 saturated heterocycles. The minimum atomic E-state index is -1.66. The molecule has 2 aromatic rings. The maximum Gasteiger partial charge on any atom is 0.246 e. The molecule has 0 heterocycles. The van der Waals surface area contributed by atoms with E-state index in [1.165, 1.54) is 7.11 Å². The highest BCUT2D eigenvalue weighted by Crippen LogP contribution is 2.19. The molecule has 6 nitrogen and oxygen atoms in total. The number of carbonyl (C=O) groups excluding carboxylic acids is 1. The third-order valence-corrected chi connectivity index (χ3v) is 3.06. The van der Waals surface area contributed by atoms with Gasteiger partial charge in [-0.25, -0.2) is 18.2 Å². The first kappa shape index (κ1) is 21.5. The number of carbonyl (C=O) groups is 1. The van der Waals surface area contributed by atoms with Crippen LogP contribution in [-0.4, -0.2) is 25.5 Å². The van der Waals surface area contributed by atoms with Crippen LogP contribution in [0.15, 0.2) is 41.4 Å². The maximum atomic E-state index is 13.5. The number of anilines is 2. The molecule has 4 N–H and O–H groups in total. The van der Waals surface area contributed by atoms with Crippen LogP contribution < -0.4 is 21.1 Å². The summed E-state index contributed by atoms with van der Waals surface area (Å²) in [7, 11) is 1.53. The second kappa shape index (κ2) is 9.85. The van der Waals surface area contributed by atoms with Crippen LogP contribution in [-0.2, 0) is 4.79 Å². The van der Waals surface area contributed by atoms with E-state index in [2.05, 4.69) is 15.6 Å². The Morgan fingerprint density at radius 1 is 1.08 bits per heavy atom. The van der Waals surface area contributed by atoms with Crippen LogP contribution in [0.1, 0.15) is 0 Å². The van der Waals surface area contributed by atoms with Crippen LogP contribution >= 0.6 is 24.0 Å². The number of aliphatic imine (C=N–C) groups is 1. The largest absolute Gasteiger partial charge is 0.497 e. The van der Waals surface area contributed by atoms with Gasteiger partial charge in [0, 0.05) is 5.69 Å². The van der Waals surface area contributed by atoms with Gasteiger partial charge in [-0.3, -0.25) is 4.79 Å². The van der Waals surface area contributed by atoms with Crippen molar-refractivity contribution in [3.05, 3.63) is 53.8 Å². The first-order valence-corrected chi connectivity index (χ1v) is 7.05. The highest BCUT2D eigenvalue weighted by Gasteiger charge is 2.15. The Bertz CT molecular complexity index is 801. The van der Waals surface area contributed by atoms with Crippen molar-refractivity contribution in [1.82, 2.24) is 0 Å². The molecule has 0 fully saturated rings. The van der Waals surface area contributed by atoms with E-state index in [0.717, 1.165) is 6.07 Å². The summed E-state index contributed by atoms with van der Waals surface area (Å²) in [5.41, 5.74) is 5.77. The maximum absolute atomic E-state index is 13.5. The fraction of sp³-hybridized carbons (Fsp3) is 0.125. The number of guanidine groups is 1. The average Bonchev–Trinajstić information content (AvgIpc) is 2.61. The molecule has 140 valence electrons. The Kier molecular flexibility index (Phi) is 8.16. The van der Waals surface area contributed by atoms with Crippen molar-refractivity contribution in [2.24, 2.45) is 10.7 Å². The molecule has 2 rings (SSSR count). The average molecular weight is 480 g/mol. The summed E-state index contributed by atoms with van der Waals surface area (Å²) in [5, 5.41) is 4.83. The molecule has 26 heavy (non-hydrogen) atoms. The van der Waals surface area contributed by atoms with Crippen LogP contribution in [0.3, 0.4) is 0 Å². The number of hydrogen-bond acceptors (Lipinski definition) is 3. The van der Waals surface area contributed by atoms with Crippen LogP contribution in [0, 0.1) is 17.5 Å². The molecular formula is C16H16F3IN4O2. The highest BCUT2D eigenvalue weighted by atomic mass is 127. The van der Waals surface area contributed by atoms with Crippen molar-refractivity contribution >= 4 is 47.2 Å². The summed E-state index contributed by atoms with van der Waals surface area (Å²) >= 11 is 0. The van der Waals surface area contributed by atoms with Crippen molar-refractivity contribution in [1.29, 1.82) is 0 Å². The molecule has 0 bridgehead atoms. The number of benzene rings is 2. The Morgan fingerprint density at radius 2 is 1.73 bits per heavy atom. The number of nitrogens with one attached hydrogen (secondary N) is 2. The van der Waals surface area contributed by atoms with E-state index < -0.39 is 35.6 Å². The van der Waals surface area contributed by atoms with Gasteiger partial charge in [0.15, 0.2) is 23.4 Å². The van der Waals surface area contributed by atoms with Crippen LogP contribution in [0.25, 0.3) is 0 Å². The van der Waals surface area contributed by atoms with E-state index in [1.807, 2.05) is 0 Å². The van der Waals surface area contributed by atoms with E-state index in [4.69, 9.17) is 10.5 Å². The van der Waals surface area contributed by atoms with E-state index in [9.17, 15) is 18.0 Å². The topological polar surface area (TPSA) is 88.7 Å². The third-order valence-electron chi connectivity index (χ3n) is 3.06. The van der Waals surface area contributed by atoms with Gasteiger partial charge < -0.3 is 21.1 Å². The molecule has 0 saturated carbocycles. The zero-order valence-electron chi connectivity index (χ0n) is 13.6. The van der Waals surface area contributed by atoms with E-state index in [0.29, 0.717) is 17.5 Å². The molecule has 0 aliphatic rings. The summed E-state index contributed by atoms with van der Waals surface area (Å²) in [6, 6.07) is 8.41. The highest BCUT2D eigenvalue weighted by molar-refractivity contribution is 14.0. The normalized spacial score (nSPS) is 10.7. The summed E-state index contributed by atoms with van der Waals surface area (Å²) < 4.78 is 44.4. The number of ether oxygens (including phenoxy) is 1. The van der Waals surface area contributed by atoms with Crippen molar-refractivity contribution in [2.45, 2.75) is 0 Å². The summed E-state index contributed by atoms with van der Waals surface area (Å²) in [5.74, 6) is -4.63. The molecule has 2 aromatic carbocycles. The van der Waals surface area contributed by atoms with Crippen molar-refractivity contribution < 1.29 is 22.7 Å². The molecule has 1 amide bonds. The summed E-state index contributed by atoms with van der Waals surface area (Å²) in [4.78, 5) is 15.5. The number of amides is 1. The molecule has 0 aromatic heterocycles. The van der Waals surface area contributed by atoms with Crippen molar-refractivity contribution in [3.63, 3.8) is 0 Å². The monoisotopic (exact) mass is 480 g/mol. The molecule has 10 heteroatoms. The molecule has 0 aliphatic carbocycles. The first-order valence-electron chi connectivity index (χ1n) is 7.05. The lowest BCUT2D eigenvalue weighted by atomic mass is 10.3. The molecule has 0 atom stereocenters.